The van der Waals surface area contributed by atoms with Crippen molar-refractivity contribution < 1.29 is 13.0 Å². The summed E-state index contributed by atoms with van der Waals surface area (Å²) in [5.74, 6) is 0. The Morgan fingerprint density at radius 2 is 2.21 bits per heavy atom. The molecule has 0 aliphatic heterocycles. The van der Waals surface area contributed by atoms with Crippen LogP contribution in [0.3, 0.4) is 0 Å². The molecule has 1 radical (unpaired) electrons. The highest BCUT2D eigenvalue weighted by atomic mass is 32.2. The van der Waals surface area contributed by atoms with Crippen molar-refractivity contribution in [3.63, 3.8) is 0 Å². The number of rotatable bonds is 4. The smallest absolute Gasteiger partial charge is 0.282 e. The Balaban J connectivity index is 3.04. The summed E-state index contributed by atoms with van der Waals surface area (Å²) in [6, 6.07) is 7.46. The maximum Gasteiger partial charge on any atom is 0.295 e. The molecule has 1 N–H and O–H groups in total. The largest absolute Gasteiger partial charge is 0.295 e. The average molecular weight is 213 g/mol. The van der Waals surface area contributed by atoms with Gasteiger partial charge in [-0.05, 0) is 18.4 Å². The molecular weight excluding hydrogens is 200 g/mol. The van der Waals surface area contributed by atoms with Gasteiger partial charge in [-0.3, -0.25) is 4.55 Å². The van der Waals surface area contributed by atoms with Gasteiger partial charge >= 0.3 is 0 Å². The van der Waals surface area contributed by atoms with E-state index in [2.05, 4.69) is 6.07 Å². The summed E-state index contributed by atoms with van der Waals surface area (Å²) in [5.41, 5.74) is 0.636. The van der Waals surface area contributed by atoms with Gasteiger partial charge in [0, 0.05) is 6.07 Å². The first kappa shape index (κ1) is 11.2. The van der Waals surface area contributed by atoms with E-state index in [9.17, 15) is 8.42 Å². The van der Waals surface area contributed by atoms with Gasteiger partial charge in [-0.1, -0.05) is 31.5 Å². The third kappa shape index (κ3) is 2.82. The van der Waals surface area contributed by atoms with Gasteiger partial charge in [-0.2, -0.15) is 8.42 Å². The summed E-state index contributed by atoms with van der Waals surface area (Å²) in [6.07, 6.45) is 2.54. The molecule has 0 bridgehead atoms. The first-order valence-corrected chi connectivity index (χ1v) is 5.96. The highest BCUT2D eigenvalue weighted by Crippen LogP contribution is 2.16. The topological polar surface area (TPSA) is 54.4 Å². The van der Waals surface area contributed by atoms with Gasteiger partial charge < -0.3 is 0 Å². The van der Waals surface area contributed by atoms with Crippen LogP contribution in [0.5, 0.6) is 0 Å². The van der Waals surface area contributed by atoms with Crippen LogP contribution in [-0.2, 0) is 16.5 Å². The molecule has 1 aromatic carbocycles. The van der Waals surface area contributed by atoms with E-state index in [4.69, 9.17) is 4.55 Å². The lowest BCUT2D eigenvalue weighted by atomic mass is 10.1. The summed E-state index contributed by atoms with van der Waals surface area (Å²) in [7, 11) is -4.12. The first-order valence-electron chi connectivity index (χ1n) is 4.52. The predicted octanol–water partition coefficient (Wildman–Crippen LogP) is 2.08. The van der Waals surface area contributed by atoms with E-state index in [1.807, 2.05) is 6.92 Å². The molecule has 3 nitrogen and oxygen atoms in total. The lowest BCUT2D eigenvalue weighted by molar-refractivity contribution is 0.481. The normalized spacial score (nSPS) is 11.6. The second-order valence-electron chi connectivity index (χ2n) is 3.10. The maximum absolute atomic E-state index is 10.9. The quantitative estimate of drug-likeness (QED) is 0.779. The molecule has 14 heavy (non-hydrogen) atoms. The molecule has 0 heterocycles. The number of aryl methyl sites for hydroxylation is 1. The lowest BCUT2D eigenvalue weighted by Crippen LogP contribution is -2.03. The van der Waals surface area contributed by atoms with Crippen LogP contribution in [0, 0.1) is 6.07 Å². The first-order chi connectivity index (χ1) is 6.55. The van der Waals surface area contributed by atoms with Gasteiger partial charge in [0.25, 0.3) is 10.1 Å². The third-order valence-electron chi connectivity index (χ3n) is 1.96. The van der Waals surface area contributed by atoms with Gasteiger partial charge in [0.05, 0.1) is 0 Å². The molecule has 0 aliphatic rings. The van der Waals surface area contributed by atoms with Crippen LogP contribution in [0.15, 0.2) is 23.1 Å². The van der Waals surface area contributed by atoms with Crippen LogP contribution < -0.4 is 0 Å². The fraction of sp³-hybridized carbons (Fsp3) is 0.400. The van der Waals surface area contributed by atoms with E-state index in [0.717, 1.165) is 12.8 Å². The van der Waals surface area contributed by atoms with Gasteiger partial charge in [0.15, 0.2) is 0 Å². The molecule has 1 rings (SSSR count). The van der Waals surface area contributed by atoms with Crippen molar-refractivity contribution in [1.29, 1.82) is 0 Å². The molecule has 0 saturated carbocycles. The molecular formula is C10H13O3S. The SMILES string of the molecule is CCCCc1ccc[c]c1S(=O)(=O)O. The summed E-state index contributed by atoms with van der Waals surface area (Å²) in [6.45, 7) is 2.03. The van der Waals surface area contributed by atoms with Crippen LogP contribution >= 0.6 is 0 Å². The highest BCUT2D eigenvalue weighted by molar-refractivity contribution is 7.85. The van der Waals surface area contributed by atoms with E-state index in [-0.39, 0.29) is 4.90 Å². The Labute approximate surface area is 84.5 Å². The molecule has 0 fully saturated rings. The monoisotopic (exact) mass is 213 g/mol. The molecule has 1 aromatic rings. The van der Waals surface area contributed by atoms with Crippen molar-refractivity contribution in [2.24, 2.45) is 0 Å². The predicted molar refractivity (Wildman–Crippen MR) is 53.7 cm³/mol. The molecule has 0 atom stereocenters. The molecule has 4 heteroatoms. The van der Waals surface area contributed by atoms with E-state index in [1.165, 1.54) is 6.07 Å². The minimum atomic E-state index is -4.12. The Bertz CT molecular complexity index is 396. The summed E-state index contributed by atoms with van der Waals surface area (Å²) in [4.78, 5) is -0.0894. The van der Waals surface area contributed by atoms with E-state index < -0.39 is 10.1 Å². The Kier molecular flexibility index (Phi) is 3.66. The number of unbranched alkanes of at least 4 members (excludes halogenated alkanes) is 1. The second kappa shape index (κ2) is 4.57. The van der Waals surface area contributed by atoms with Crippen molar-refractivity contribution >= 4 is 10.1 Å². The molecule has 0 aromatic heterocycles. The minimum absolute atomic E-state index is 0.0894. The standard InChI is InChI=1S/C10H13O3S/c1-2-3-6-9-7-4-5-8-10(9)14(11,12)13/h4-5,7H,2-3,6H2,1H3,(H,11,12,13). The van der Waals surface area contributed by atoms with Crippen LogP contribution in [0.4, 0.5) is 0 Å². The number of hydrogen-bond acceptors (Lipinski definition) is 2. The molecule has 0 aliphatic carbocycles. The fourth-order valence-electron chi connectivity index (χ4n) is 1.26. The molecule has 77 valence electrons. The maximum atomic E-state index is 10.9. The van der Waals surface area contributed by atoms with Crippen LogP contribution in [0.2, 0.25) is 0 Å². The summed E-state index contributed by atoms with van der Waals surface area (Å²) < 4.78 is 30.8. The third-order valence-corrected chi connectivity index (χ3v) is 2.85. The van der Waals surface area contributed by atoms with Crippen LogP contribution in [0.1, 0.15) is 25.3 Å². The Morgan fingerprint density at radius 3 is 2.79 bits per heavy atom. The molecule has 0 spiro atoms. The Morgan fingerprint density at radius 1 is 1.50 bits per heavy atom. The summed E-state index contributed by atoms with van der Waals surface area (Å²) >= 11 is 0. The number of benzene rings is 1. The van der Waals surface area contributed by atoms with Crippen molar-refractivity contribution in [3.05, 3.63) is 29.8 Å². The molecule has 0 saturated heterocycles. The lowest BCUT2D eigenvalue weighted by Gasteiger charge is -2.04. The van der Waals surface area contributed by atoms with Crippen molar-refractivity contribution in [2.45, 2.75) is 31.1 Å². The zero-order valence-electron chi connectivity index (χ0n) is 8.03. The zero-order chi connectivity index (χ0) is 10.6. The minimum Gasteiger partial charge on any atom is -0.282 e. The van der Waals surface area contributed by atoms with E-state index in [1.54, 1.807) is 12.1 Å². The number of hydrogen-bond donors (Lipinski definition) is 1. The van der Waals surface area contributed by atoms with Gasteiger partial charge in [0.1, 0.15) is 4.90 Å². The van der Waals surface area contributed by atoms with E-state index >= 15 is 0 Å². The van der Waals surface area contributed by atoms with Crippen LogP contribution in [-0.4, -0.2) is 13.0 Å². The molecule has 0 unspecified atom stereocenters. The van der Waals surface area contributed by atoms with Crippen LogP contribution in [0.25, 0.3) is 0 Å². The van der Waals surface area contributed by atoms with Gasteiger partial charge in [-0.25, -0.2) is 0 Å². The van der Waals surface area contributed by atoms with Gasteiger partial charge in [-0.15, -0.1) is 0 Å². The Hall–Kier alpha value is -0.870. The zero-order valence-corrected chi connectivity index (χ0v) is 8.84. The summed E-state index contributed by atoms with van der Waals surface area (Å²) in [5, 5.41) is 0. The van der Waals surface area contributed by atoms with Crippen molar-refractivity contribution in [2.75, 3.05) is 0 Å². The fourth-order valence-corrected chi connectivity index (χ4v) is 1.98. The second-order valence-corrected chi connectivity index (χ2v) is 4.46. The van der Waals surface area contributed by atoms with E-state index in [0.29, 0.717) is 12.0 Å². The van der Waals surface area contributed by atoms with Gasteiger partial charge in [0.2, 0.25) is 0 Å². The molecule has 0 amide bonds. The average Bonchev–Trinajstić information content (AvgIpc) is 2.14. The highest BCUT2D eigenvalue weighted by Gasteiger charge is 2.13. The van der Waals surface area contributed by atoms with Crippen molar-refractivity contribution in [1.82, 2.24) is 0 Å². The van der Waals surface area contributed by atoms with Crippen molar-refractivity contribution in [3.8, 4) is 0 Å².